The molecule has 1 saturated carbocycles. The minimum absolute atomic E-state index is 0.755. The van der Waals surface area contributed by atoms with Crippen LogP contribution in [0.15, 0.2) is 0 Å². The molecule has 0 bridgehead atoms. The van der Waals surface area contributed by atoms with Gasteiger partial charge in [-0.05, 0) is 44.7 Å². The van der Waals surface area contributed by atoms with E-state index < -0.39 is 0 Å². The summed E-state index contributed by atoms with van der Waals surface area (Å²) in [6.45, 7) is 7.48. The van der Waals surface area contributed by atoms with Gasteiger partial charge in [-0.25, -0.2) is 0 Å². The van der Waals surface area contributed by atoms with Crippen LogP contribution < -0.4 is 5.32 Å². The topological polar surface area (TPSA) is 15.3 Å². The SMILES string of the molecule is CNC1CCCC1N1CCC(C)C(C)C1. The lowest BCUT2D eigenvalue weighted by molar-refractivity contribution is 0.0864. The largest absolute Gasteiger partial charge is 0.315 e. The van der Waals surface area contributed by atoms with Crippen LogP contribution in [0, 0.1) is 11.8 Å². The zero-order valence-corrected chi connectivity index (χ0v) is 10.5. The number of nitrogens with zero attached hydrogens (tertiary/aromatic N) is 1. The molecule has 0 spiro atoms. The van der Waals surface area contributed by atoms with Gasteiger partial charge < -0.3 is 5.32 Å². The molecule has 1 aliphatic heterocycles. The molecule has 1 heterocycles. The molecule has 88 valence electrons. The first-order valence-corrected chi connectivity index (χ1v) is 6.63. The van der Waals surface area contributed by atoms with E-state index in [2.05, 4.69) is 31.1 Å². The quantitative estimate of drug-likeness (QED) is 0.751. The molecule has 0 aromatic heterocycles. The summed E-state index contributed by atoms with van der Waals surface area (Å²) in [5.74, 6) is 1.81. The van der Waals surface area contributed by atoms with Gasteiger partial charge in [-0.15, -0.1) is 0 Å². The van der Waals surface area contributed by atoms with E-state index in [1.165, 1.54) is 38.8 Å². The lowest BCUT2D eigenvalue weighted by Gasteiger charge is -2.41. The molecular weight excluding hydrogens is 184 g/mol. The summed E-state index contributed by atoms with van der Waals surface area (Å²) in [6.07, 6.45) is 5.60. The van der Waals surface area contributed by atoms with E-state index in [0.717, 1.165) is 23.9 Å². The van der Waals surface area contributed by atoms with Crippen molar-refractivity contribution in [1.29, 1.82) is 0 Å². The van der Waals surface area contributed by atoms with Crippen LogP contribution in [0.4, 0.5) is 0 Å². The molecule has 4 atom stereocenters. The Labute approximate surface area is 94.4 Å². The predicted octanol–water partition coefficient (Wildman–Crippen LogP) is 2.10. The zero-order valence-electron chi connectivity index (χ0n) is 10.5. The van der Waals surface area contributed by atoms with E-state index in [9.17, 15) is 0 Å². The van der Waals surface area contributed by atoms with Crippen molar-refractivity contribution in [2.75, 3.05) is 20.1 Å². The van der Waals surface area contributed by atoms with Crippen LogP contribution in [-0.4, -0.2) is 37.1 Å². The van der Waals surface area contributed by atoms with E-state index in [1.54, 1.807) is 0 Å². The molecule has 1 N–H and O–H groups in total. The minimum Gasteiger partial charge on any atom is -0.315 e. The standard InChI is InChI=1S/C13H26N2/c1-10-7-8-15(9-11(10)2)13-6-4-5-12(13)14-3/h10-14H,4-9H2,1-3H3. The fourth-order valence-electron chi connectivity index (χ4n) is 3.31. The Kier molecular flexibility index (Phi) is 3.68. The molecule has 0 aromatic rings. The highest BCUT2D eigenvalue weighted by Gasteiger charge is 2.34. The molecule has 2 aliphatic rings. The second kappa shape index (κ2) is 4.84. The van der Waals surface area contributed by atoms with Gasteiger partial charge in [0, 0.05) is 18.6 Å². The first kappa shape index (κ1) is 11.4. The summed E-state index contributed by atoms with van der Waals surface area (Å²) < 4.78 is 0. The van der Waals surface area contributed by atoms with Crippen LogP contribution >= 0.6 is 0 Å². The number of likely N-dealkylation sites (tertiary alicyclic amines) is 1. The Hall–Kier alpha value is -0.0800. The van der Waals surface area contributed by atoms with Crippen molar-refractivity contribution < 1.29 is 0 Å². The molecule has 1 saturated heterocycles. The van der Waals surface area contributed by atoms with Crippen molar-refractivity contribution in [2.45, 2.75) is 51.6 Å². The first-order chi connectivity index (χ1) is 7.22. The molecule has 1 aliphatic carbocycles. The van der Waals surface area contributed by atoms with Crippen LogP contribution in [0.1, 0.15) is 39.5 Å². The molecule has 2 rings (SSSR count). The third-order valence-corrected chi connectivity index (χ3v) is 4.68. The van der Waals surface area contributed by atoms with Crippen molar-refractivity contribution in [2.24, 2.45) is 11.8 Å². The van der Waals surface area contributed by atoms with Crippen molar-refractivity contribution >= 4 is 0 Å². The van der Waals surface area contributed by atoms with Gasteiger partial charge in [0.05, 0.1) is 0 Å². The number of piperidine rings is 1. The van der Waals surface area contributed by atoms with E-state index in [4.69, 9.17) is 0 Å². The van der Waals surface area contributed by atoms with Crippen LogP contribution in [-0.2, 0) is 0 Å². The van der Waals surface area contributed by atoms with Crippen molar-refractivity contribution in [1.82, 2.24) is 10.2 Å². The van der Waals surface area contributed by atoms with Crippen LogP contribution in [0.5, 0.6) is 0 Å². The number of likely N-dealkylation sites (N-methyl/N-ethyl adjacent to an activating group) is 1. The van der Waals surface area contributed by atoms with Crippen molar-refractivity contribution in [3.05, 3.63) is 0 Å². The molecule has 0 radical (unpaired) electrons. The van der Waals surface area contributed by atoms with Crippen molar-refractivity contribution in [3.8, 4) is 0 Å². The Balaban J connectivity index is 1.93. The number of hydrogen-bond acceptors (Lipinski definition) is 2. The van der Waals surface area contributed by atoms with Crippen LogP contribution in [0.3, 0.4) is 0 Å². The summed E-state index contributed by atoms with van der Waals surface area (Å²) >= 11 is 0. The predicted molar refractivity (Wildman–Crippen MR) is 65.0 cm³/mol. The highest BCUT2D eigenvalue weighted by molar-refractivity contribution is 4.92. The third-order valence-electron chi connectivity index (χ3n) is 4.68. The van der Waals surface area contributed by atoms with Gasteiger partial charge >= 0.3 is 0 Å². The smallest absolute Gasteiger partial charge is 0.0249 e. The zero-order chi connectivity index (χ0) is 10.8. The summed E-state index contributed by atoms with van der Waals surface area (Å²) in [7, 11) is 2.12. The highest BCUT2D eigenvalue weighted by Crippen LogP contribution is 2.30. The molecule has 2 nitrogen and oxygen atoms in total. The van der Waals surface area contributed by atoms with Gasteiger partial charge in [-0.3, -0.25) is 4.90 Å². The average molecular weight is 210 g/mol. The molecule has 4 unspecified atom stereocenters. The maximum atomic E-state index is 3.50. The average Bonchev–Trinajstić information content (AvgIpc) is 2.70. The lowest BCUT2D eigenvalue weighted by atomic mass is 9.87. The highest BCUT2D eigenvalue weighted by atomic mass is 15.2. The Morgan fingerprint density at radius 2 is 1.87 bits per heavy atom. The molecule has 2 fully saturated rings. The Bertz CT molecular complexity index is 205. The van der Waals surface area contributed by atoms with E-state index >= 15 is 0 Å². The first-order valence-electron chi connectivity index (χ1n) is 6.63. The van der Waals surface area contributed by atoms with E-state index in [-0.39, 0.29) is 0 Å². The maximum Gasteiger partial charge on any atom is 0.0249 e. The molecule has 0 aromatic carbocycles. The van der Waals surface area contributed by atoms with E-state index in [0.29, 0.717) is 0 Å². The lowest BCUT2D eigenvalue weighted by Crippen LogP contribution is -2.50. The summed E-state index contributed by atoms with van der Waals surface area (Å²) in [6, 6.07) is 1.58. The number of hydrogen-bond donors (Lipinski definition) is 1. The van der Waals surface area contributed by atoms with Gasteiger partial charge in [0.2, 0.25) is 0 Å². The van der Waals surface area contributed by atoms with Gasteiger partial charge in [0.25, 0.3) is 0 Å². The molecule has 15 heavy (non-hydrogen) atoms. The number of rotatable bonds is 2. The maximum absolute atomic E-state index is 3.50. The van der Waals surface area contributed by atoms with Gasteiger partial charge in [0.1, 0.15) is 0 Å². The fourth-order valence-corrected chi connectivity index (χ4v) is 3.31. The Morgan fingerprint density at radius 1 is 1.07 bits per heavy atom. The molecule has 0 amide bonds. The Morgan fingerprint density at radius 3 is 2.53 bits per heavy atom. The summed E-state index contributed by atoms with van der Waals surface area (Å²) in [5, 5.41) is 3.50. The van der Waals surface area contributed by atoms with E-state index in [1.807, 2.05) is 0 Å². The summed E-state index contributed by atoms with van der Waals surface area (Å²) in [4.78, 5) is 2.75. The molecule has 2 heteroatoms. The summed E-state index contributed by atoms with van der Waals surface area (Å²) in [5.41, 5.74) is 0. The normalized spacial score (nSPS) is 43.4. The monoisotopic (exact) mass is 210 g/mol. The second-order valence-corrected chi connectivity index (χ2v) is 5.63. The third kappa shape index (κ3) is 2.36. The number of nitrogens with one attached hydrogen (secondary N) is 1. The van der Waals surface area contributed by atoms with Crippen LogP contribution in [0.25, 0.3) is 0 Å². The second-order valence-electron chi connectivity index (χ2n) is 5.63. The van der Waals surface area contributed by atoms with Gasteiger partial charge in [0.15, 0.2) is 0 Å². The minimum atomic E-state index is 0.755. The van der Waals surface area contributed by atoms with Gasteiger partial charge in [-0.1, -0.05) is 20.3 Å². The van der Waals surface area contributed by atoms with Crippen LogP contribution in [0.2, 0.25) is 0 Å². The molecular formula is C13H26N2. The van der Waals surface area contributed by atoms with Crippen molar-refractivity contribution in [3.63, 3.8) is 0 Å². The van der Waals surface area contributed by atoms with Gasteiger partial charge in [-0.2, -0.15) is 0 Å². The fraction of sp³-hybridized carbons (Fsp3) is 1.00.